The van der Waals surface area contributed by atoms with Gasteiger partial charge < -0.3 is 9.73 Å². The topological polar surface area (TPSA) is 42.2 Å². The molecular weight excluding hydrogens is 358 g/mol. The number of furan rings is 1. The van der Waals surface area contributed by atoms with Gasteiger partial charge in [-0.2, -0.15) is 0 Å². The second-order valence-corrected chi connectivity index (χ2v) is 7.90. The summed E-state index contributed by atoms with van der Waals surface area (Å²) in [5.74, 6) is 1.11. The minimum Gasteiger partial charge on any atom is -0.469 e. The van der Waals surface area contributed by atoms with E-state index in [9.17, 15) is 4.79 Å². The summed E-state index contributed by atoms with van der Waals surface area (Å²) >= 11 is 0. The summed E-state index contributed by atoms with van der Waals surface area (Å²) in [6, 6.07) is 24.7. The van der Waals surface area contributed by atoms with Crippen molar-refractivity contribution in [3.63, 3.8) is 0 Å². The zero-order valence-electron chi connectivity index (χ0n) is 17.4. The van der Waals surface area contributed by atoms with Crippen LogP contribution in [0.1, 0.15) is 62.3 Å². The average molecular weight is 390 g/mol. The quantitative estimate of drug-likeness (QED) is 0.457. The summed E-state index contributed by atoms with van der Waals surface area (Å²) in [6.45, 7) is 5.17. The molecule has 2 aromatic carbocycles. The van der Waals surface area contributed by atoms with Crippen LogP contribution < -0.4 is 5.32 Å². The third kappa shape index (κ3) is 5.60. The van der Waals surface area contributed by atoms with Gasteiger partial charge in [0.15, 0.2) is 0 Å². The maximum Gasteiger partial charge on any atom is 0.220 e. The number of hydrogen-bond donors (Lipinski definition) is 1. The lowest BCUT2D eigenvalue weighted by Crippen LogP contribution is -2.31. The fourth-order valence-corrected chi connectivity index (χ4v) is 3.86. The standard InChI is InChI=1S/C26H31NO2/c1-3-26(2,22-13-8-5-9-14-22)18-19-27-25(28)17-16-23(24-15-10-20-29-24)21-11-6-4-7-12-21/h4-15,20,23H,3,16-19H2,1-2H3,(H,27,28)/t23-,26+/m1/s1. The molecule has 0 aliphatic heterocycles. The Balaban J connectivity index is 1.53. The van der Waals surface area contributed by atoms with Gasteiger partial charge in [-0.05, 0) is 47.9 Å². The molecule has 0 spiro atoms. The van der Waals surface area contributed by atoms with E-state index < -0.39 is 0 Å². The zero-order valence-corrected chi connectivity index (χ0v) is 17.4. The number of hydrogen-bond acceptors (Lipinski definition) is 2. The smallest absolute Gasteiger partial charge is 0.220 e. The lowest BCUT2D eigenvalue weighted by Gasteiger charge is -2.29. The summed E-state index contributed by atoms with van der Waals surface area (Å²) in [7, 11) is 0. The fourth-order valence-electron chi connectivity index (χ4n) is 3.86. The lowest BCUT2D eigenvalue weighted by atomic mass is 9.77. The summed E-state index contributed by atoms with van der Waals surface area (Å²) in [5, 5.41) is 3.12. The highest BCUT2D eigenvalue weighted by atomic mass is 16.3. The number of amides is 1. The van der Waals surface area contributed by atoms with Crippen LogP contribution in [-0.2, 0) is 10.2 Å². The second kappa shape index (κ2) is 10.1. The van der Waals surface area contributed by atoms with Crippen LogP contribution >= 0.6 is 0 Å². The first-order chi connectivity index (χ1) is 14.1. The Kier molecular flexibility index (Phi) is 7.29. The van der Waals surface area contributed by atoms with E-state index in [0.29, 0.717) is 13.0 Å². The van der Waals surface area contributed by atoms with Gasteiger partial charge in [0.2, 0.25) is 5.91 Å². The molecule has 0 aliphatic rings. The van der Waals surface area contributed by atoms with E-state index in [0.717, 1.165) is 25.0 Å². The van der Waals surface area contributed by atoms with Crippen molar-refractivity contribution in [2.24, 2.45) is 0 Å². The van der Waals surface area contributed by atoms with Crippen molar-refractivity contribution in [3.05, 3.63) is 95.9 Å². The molecular formula is C26H31NO2. The van der Waals surface area contributed by atoms with Crippen molar-refractivity contribution in [1.82, 2.24) is 5.32 Å². The number of rotatable bonds is 10. The van der Waals surface area contributed by atoms with E-state index in [-0.39, 0.29) is 17.2 Å². The normalized spacial score (nSPS) is 14.1. The van der Waals surface area contributed by atoms with Gasteiger partial charge in [-0.3, -0.25) is 4.79 Å². The van der Waals surface area contributed by atoms with Gasteiger partial charge in [0.1, 0.15) is 5.76 Å². The minimum atomic E-state index is 0.0787. The molecule has 3 rings (SSSR count). The van der Waals surface area contributed by atoms with Gasteiger partial charge >= 0.3 is 0 Å². The van der Waals surface area contributed by atoms with Crippen molar-refractivity contribution in [2.45, 2.75) is 50.9 Å². The van der Waals surface area contributed by atoms with Gasteiger partial charge in [0, 0.05) is 18.9 Å². The van der Waals surface area contributed by atoms with Gasteiger partial charge in [0.25, 0.3) is 0 Å². The van der Waals surface area contributed by atoms with Crippen LogP contribution in [0.4, 0.5) is 0 Å². The van der Waals surface area contributed by atoms with E-state index in [1.165, 1.54) is 11.1 Å². The van der Waals surface area contributed by atoms with Crippen LogP contribution in [0.3, 0.4) is 0 Å². The first-order valence-electron chi connectivity index (χ1n) is 10.5. The Hall–Kier alpha value is -2.81. The molecule has 1 aromatic heterocycles. The average Bonchev–Trinajstić information content (AvgIpc) is 3.30. The SMILES string of the molecule is CC[C@@](C)(CCNC(=O)CC[C@H](c1ccccc1)c1ccco1)c1ccccc1. The Labute approximate surface area is 174 Å². The molecule has 1 amide bonds. The van der Waals surface area contributed by atoms with Crippen LogP contribution in [0.25, 0.3) is 0 Å². The van der Waals surface area contributed by atoms with Gasteiger partial charge in [-0.1, -0.05) is 74.5 Å². The second-order valence-electron chi connectivity index (χ2n) is 7.90. The molecule has 0 fully saturated rings. The number of carbonyl (C=O) groups is 1. The van der Waals surface area contributed by atoms with Gasteiger partial charge in [-0.15, -0.1) is 0 Å². The van der Waals surface area contributed by atoms with Crippen LogP contribution in [0.15, 0.2) is 83.5 Å². The summed E-state index contributed by atoms with van der Waals surface area (Å²) in [6.07, 6.45) is 4.88. The van der Waals surface area contributed by atoms with Crippen LogP contribution in [0.5, 0.6) is 0 Å². The Morgan fingerprint density at radius 2 is 1.69 bits per heavy atom. The van der Waals surface area contributed by atoms with E-state index in [1.54, 1.807) is 6.26 Å². The molecule has 29 heavy (non-hydrogen) atoms. The molecule has 1 N–H and O–H groups in total. The molecule has 3 nitrogen and oxygen atoms in total. The highest BCUT2D eigenvalue weighted by Gasteiger charge is 2.24. The molecule has 2 atom stereocenters. The zero-order chi connectivity index (χ0) is 20.5. The number of carbonyl (C=O) groups excluding carboxylic acids is 1. The molecule has 0 aliphatic carbocycles. The molecule has 0 radical (unpaired) electrons. The summed E-state index contributed by atoms with van der Waals surface area (Å²) in [5.41, 5.74) is 2.59. The van der Waals surface area contributed by atoms with Crippen LogP contribution in [0, 0.1) is 0 Å². The lowest BCUT2D eigenvalue weighted by molar-refractivity contribution is -0.121. The first kappa shape index (κ1) is 20.9. The maximum atomic E-state index is 12.5. The van der Waals surface area contributed by atoms with Crippen molar-refractivity contribution < 1.29 is 9.21 Å². The molecule has 1 heterocycles. The third-order valence-electron chi connectivity index (χ3n) is 6.00. The van der Waals surface area contributed by atoms with Gasteiger partial charge in [0.05, 0.1) is 6.26 Å². The number of nitrogens with one attached hydrogen (secondary N) is 1. The number of benzene rings is 2. The fraction of sp³-hybridized carbons (Fsp3) is 0.346. The largest absolute Gasteiger partial charge is 0.469 e. The van der Waals surface area contributed by atoms with Crippen molar-refractivity contribution in [3.8, 4) is 0 Å². The predicted molar refractivity (Wildman–Crippen MR) is 118 cm³/mol. The maximum absolute atomic E-state index is 12.5. The molecule has 0 bridgehead atoms. The Morgan fingerprint density at radius 3 is 2.31 bits per heavy atom. The molecule has 0 saturated carbocycles. The monoisotopic (exact) mass is 389 g/mol. The highest BCUT2D eigenvalue weighted by Crippen LogP contribution is 2.31. The molecule has 3 heteroatoms. The molecule has 0 unspecified atom stereocenters. The van der Waals surface area contributed by atoms with Crippen molar-refractivity contribution in [1.29, 1.82) is 0 Å². The summed E-state index contributed by atoms with van der Waals surface area (Å²) in [4.78, 5) is 12.5. The Bertz CT molecular complexity index is 858. The Morgan fingerprint density at radius 1 is 1.00 bits per heavy atom. The third-order valence-corrected chi connectivity index (χ3v) is 6.00. The van der Waals surface area contributed by atoms with Gasteiger partial charge in [-0.25, -0.2) is 0 Å². The van der Waals surface area contributed by atoms with Crippen LogP contribution in [0.2, 0.25) is 0 Å². The molecule has 152 valence electrons. The van der Waals surface area contributed by atoms with Crippen molar-refractivity contribution >= 4 is 5.91 Å². The minimum absolute atomic E-state index is 0.0787. The summed E-state index contributed by atoms with van der Waals surface area (Å²) < 4.78 is 5.64. The first-order valence-corrected chi connectivity index (χ1v) is 10.5. The molecule has 3 aromatic rings. The van der Waals surface area contributed by atoms with Crippen molar-refractivity contribution in [2.75, 3.05) is 6.54 Å². The van der Waals surface area contributed by atoms with E-state index in [4.69, 9.17) is 4.42 Å². The molecule has 0 saturated heterocycles. The predicted octanol–water partition coefficient (Wildman–Crippen LogP) is 6.07. The van der Waals surface area contributed by atoms with Crippen LogP contribution in [-0.4, -0.2) is 12.5 Å². The van der Waals surface area contributed by atoms with E-state index in [1.807, 2.05) is 36.4 Å². The van der Waals surface area contributed by atoms with E-state index in [2.05, 4.69) is 55.6 Å². The highest BCUT2D eigenvalue weighted by molar-refractivity contribution is 5.76. The van der Waals surface area contributed by atoms with E-state index >= 15 is 0 Å².